The predicted octanol–water partition coefficient (Wildman–Crippen LogP) is 0.461. The van der Waals surface area contributed by atoms with Crippen molar-refractivity contribution in [3.05, 3.63) is 0 Å². The molecule has 2 N–H and O–H groups in total. The van der Waals surface area contributed by atoms with Crippen molar-refractivity contribution in [3.63, 3.8) is 0 Å². The van der Waals surface area contributed by atoms with Crippen LogP contribution < -0.4 is 5.32 Å². The van der Waals surface area contributed by atoms with E-state index in [9.17, 15) is 14.7 Å². The van der Waals surface area contributed by atoms with Gasteiger partial charge in [0, 0.05) is 5.41 Å². The molecule has 1 aliphatic rings. The van der Waals surface area contributed by atoms with Gasteiger partial charge in [-0.25, -0.2) is 4.79 Å². The highest BCUT2D eigenvalue weighted by atomic mass is 16.5. The summed E-state index contributed by atoms with van der Waals surface area (Å²) in [4.78, 5) is 22.9. The Labute approximate surface area is 88.8 Å². The molecule has 1 unspecified atom stereocenters. The largest absolute Gasteiger partial charge is 0.453 e. The van der Waals surface area contributed by atoms with E-state index < -0.39 is 23.2 Å². The standard InChI is InChI=1S/C10H17NO4/c1-9(2)5-10(3,14)6(7(9)12)11-8(13)15-4/h6,14H,5H2,1-4H3,(H,11,13)/t6-,10?/m1/s1. The first kappa shape index (κ1) is 12.0. The molecule has 86 valence electrons. The molecule has 1 rings (SSSR count). The molecule has 1 fully saturated rings. The van der Waals surface area contributed by atoms with Crippen molar-refractivity contribution in [2.75, 3.05) is 7.11 Å². The van der Waals surface area contributed by atoms with E-state index in [1.165, 1.54) is 7.11 Å². The number of hydrogen-bond donors (Lipinski definition) is 2. The van der Waals surface area contributed by atoms with Crippen molar-refractivity contribution in [2.45, 2.75) is 38.8 Å². The summed E-state index contributed by atoms with van der Waals surface area (Å²) in [5.74, 6) is -0.169. The molecule has 5 heteroatoms. The van der Waals surface area contributed by atoms with Crippen LogP contribution in [-0.4, -0.2) is 35.7 Å². The number of aliphatic hydroxyl groups is 1. The number of rotatable bonds is 1. The summed E-state index contributed by atoms with van der Waals surface area (Å²) in [5.41, 5.74) is -1.83. The fourth-order valence-corrected chi connectivity index (χ4v) is 2.15. The molecular formula is C10H17NO4. The molecule has 15 heavy (non-hydrogen) atoms. The minimum absolute atomic E-state index is 0.169. The second kappa shape index (κ2) is 3.48. The molecule has 0 aromatic carbocycles. The lowest BCUT2D eigenvalue weighted by Crippen LogP contribution is -2.51. The van der Waals surface area contributed by atoms with Crippen LogP contribution in [0.15, 0.2) is 0 Å². The quantitative estimate of drug-likeness (QED) is 0.666. The van der Waals surface area contributed by atoms with Gasteiger partial charge in [0.15, 0.2) is 5.78 Å². The number of carbonyl (C=O) groups is 2. The SMILES string of the molecule is COC(=O)N[C@@H]1C(=O)C(C)(C)CC1(C)O. The molecule has 0 saturated heterocycles. The number of methoxy groups -OCH3 is 1. The summed E-state index contributed by atoms with van der Waals surface area (Å²) < 4.78 is 4.41. The van der Waals surface area contributed by atoms with E-state index in [0.29, 0.717) is 6.42 Å². The molecule has 1 saturated carbocycles. The zero-order chi connectivity index (χ0) is 11.9. The van der Waals surface area contributed by atoms with Gasteiger partial charge in [0.2, 0.25) is 0 Å². The van der Waals surface area contributed by atoms with Crippen molar-refractivity contribution in [3.8, 4) is 0 Å². The summed E-state index contributed by atoms with van der Waals surface area (Å²) in [6.07, 6.45) is -0.376. The van der Waals surface area contributed by atoms with E-state index in [1.54, 1.807) is 20.8 Å². The van der Waals surface area contributed by atoms with Crippen LogP contribution in [0, 0.1) is 5.41 Å². The normalized spacial score (nSPS) is 33.9. The molecule has 0 spiro atoms. The number of amides is 1. The first-order chi connectivity index (χ1) is 6.70. The first-order valence-corrected chi connectivity index (χ1v) is 4.82. The van der Waals surface area contributed by atoms with Gasteiger partial charge < -0.3 is 15.2 Å². The smallest absolute Gasteiger partial charge is 0.407 e. The monoisotopic (exact) mass is 215 g/mol. The molecular weight excluding hydrogens is 198 g/mol. The Kier molecular flexibility index (Phi) is 2.78. The van der Waals surface area contributed by atoms with Gasteiger partial charge in [-0.2, -0.15) is 0 Å². The van der Waals surface area contributed by atoms with E-state index in [-0.39, 0.29) is 5.78 Å². The van der Waals surface area contributed by atoms with E-state index in [1.807, 2.05) is 0 Å². The van der Waals surface area contributed by atoms with Crippen LogP contribution in [0.5, 0.6) is 0 Å². The average molecular weight is 215 g/mol. The summed E-state index contributed by atoms with van der Waals surface area (Å²) in [6, 6.07) is -0.889. The molecule has 0 aromatic heterocycles. The lowest BCUT2D eigenvalue weighted by Gasteiger charge is -2.24. The number of ether oxygens (including phenoxy) is 1. The van der Waals surface area contributed by atoms with Crippen LogP contribution in [0.1, 0.15) is 27.2 Å². The van der Waals surface area contributed by atoms with E-state index >= 15 is 0 Å². The zero-order valence-electron chi connectivity index (χ0n) is 9.46. The van der Waals surface area contributed by atoms with Gasteiger partial charge in [-0.3, -0.25) is 4.79 Å². The first-order valence-electron chi connectivity index (χ1n) is 4.82. The van der Waals surface area contributed by atoms with Gasteiger partial charge in [-0.1, -0.05) is 13.8 Å². The van der Waals surface area contributed by atoms with Gasteiger partial charge in [0.05, 0.1) is 12.7 Å². The second-order valence-corrected chi connectivity index (χ2v) is 4.85. The summed E-state index contributed by atoms with van der Waals surface area (Å²) in [6.45, 7) is 5.05. The fourth-order valence-electron chi connectivity index (χ4n) is 2.15. The third kappa shape index (κ3) is 2.12. The van der Waals surface area contributed by atoms with Crippen molar-refractivity contribution < 1.29 is 19.4 Å². The topological polar surface area (TPSA) is 75.6 Å². The van der Waals surface area contributed by atoms with Crippen molar-refractivity contribution >= 4 is 11.9 Å². The zero-order valence-corrected chi connectivity index (χ0v) is 9.46. The number of carbonyl (C=O) groups excluding carboxylic acids is 2. The maximum atomic E-state index is 11.9. The van der Waals surface area contributed by atoms with Crippen molar-refractivity contribution in [2.24, 2.45) is 5.41 Å². The Morgan fingerprint density at radius 2 is 2.07 bits per heavy atom. The minimum Gasteiger partial charge on any atom is -0.453 e. The van der Waals surface area contributed by atoms with Crippen LogP contribution in [0.3, 0.4) is 0 Å². The molecule has 5 nitrogen and oxygen atoms in total. The highest BCUT2D eigenvalue weighted by Crippen LogP contribution is 2.40. The molecule has 0 radical (unpaired) electrons. The Balaban J connectivity index is 2.88. The Morgan fingerprint density at radius 3 is 2.40 bits per heavy atom. The highest BCUT2D eigenvalue weighted by Gasteiger charge is 2.54. The Bertz CT molecular complexity index is 296. The maximum absolute atomic E-state index is 11.9. The van der Waals surface area contributed by atoms with Crippen molar-refractivity contribution in [1.82, 2.24) is 5.32 Å². The molecule has 0 heterocycles. The Hall–Kier alpha value is -1.10. The van der Waals surface area contributed by atoms with Crippen molar-refractivity contribution in [1.29, 1.82) is 0 Å². The van der Waals surface area contributed by atoms with Gasteiger partial charge in [-0.05, 0) is 13.3 Å². The van der Waals surface area contributed by atoms with E-state index in [0.717, 1.165) is 0 Å². The number of Topliss-reactive ketones (excluding diaryl/α,β-unsaturated/α-hetero) is 1. The van der Waals surface area contributed by atoms with E-state index in [4.69, 9.17) is 0 Å². The van der Waals surface area contributed by atoms with Crippen LogP contribution in [0.2, 0.25) is 0 Å². The summed E-state index contributed by atoms with van der Waals surface area (Å²) >= 11 is 0. The highest BCUT2D eigenvalue weighted by molar-refractivity contribution is 5.95. The molecule has 1 amide bonds. The van der Waals surface area contributed by atoms with Crippen LogP contribution in [-0.2, 0) is 9.53 Å². The van der Waals surface area contributed by atoms with Crippen LogP contribution >= 0.6 is 0 Å². The predicted molar refractivity (Wildman–Crippen MR) is 53.4 cm³/mol. The number of hydrogen-bond acceptors (Lipinski definition) is 4. The molecule has 0 bridgehead atoms. The molecule has 2 atom stereocenters. The minimum atomic E-state index is -1.21. The van der Waals surface area contributed by atoms with Crippen LogP contribution in [0.4, 0.5) is 4.79 Å². The average Bonchev–Trinajstić information content (AvgIpc) is 2.23. The number of nitrogens with one attached hydrogen (secondary N) is 1. The number of alkyl carbamates (subject to hydrolysis) is 1. The number of ketones is 1. The second-order valence-electron chi connectivity index (χ2n) is 4.85. The van der Waals surface area contributed by atoms with E-state index in [2.05, 4.69) is 10.1 Å². The molecule has 0 aromatic rings. The third-order valence-corrected chi connectivity index (χ3v) is 2.80. The fraction of sp³-hybridized carbons (Fsp3) is 0.800. The van der Waals surface area contributed by atoms with Gasteiger partial charge in [-0.15, -0.1) is 0 Å². The molecule has 0 aliphatic heterocycles. The molecule has 1 aliphatic carbocycles. The lowest BCUT2D eigenvalue weighted by atomic mass is 9.89. The maximum Gasteiger partial charge on any atom is 0.407 e. The van der Waals surface area contributed by atoms with Crippen LogP contribution in [0.25, 0.3) is 0 Å². The van der Waals surface area contributed by atoms with Gasteiger partial charge in [0.25, 0.3) is 0 Å². The van der Waals surface area contributed by atoms with Gasteiger partial charge in [0.1, 0.15) is 6.04 Å². The third-order valence-electron chi connectivity index (χ3n) is 2.80. The lowest BCUT2D eigenvalue weighted by molar-refractivity contribution is -0.126. The Morgan fingerprint density at radius 1 is 1.53 bits per heavy atom. The van der Waals surface area contributed by atoms with Gasteiger partial charge >= 0.3 is 6.09 Å². The summed E-state index contributed by atoms with van der Waals surface area (Å²) in [7, 11) is 1.22. The summed E-state index contributed by atoms with van der Waals surface area (Å²) in [5, 5.41) is 12.4.